The second-order valence-corrected chi connectivity index (χ2v) is 47.5. The third-order valence-corrected chi connectivity index (χ3v) is 31.6. The molecule has 134 heavy (non-hydrogen) atoms. The number of aromatic amines is 3. The molecule has 53 nitrogen and oxygen atoms in total. The molecule has 21 heterocycles. The summed E-state index contributed by atoms with van der Waals surface area (Å²) in [7, 11) is 0. The van der Waals surface area contributed by atoms with Crippen molar-refractivity contribution in [1.29, 1.82) is 0 Å². The maximum absolute atomic E-state index is 16.0. The first kappa shape index (κ1) is 95.3. The summed E-state index contributed by atoms with van der Waals surface area (Å²) in [5.41, 5.74) is 34.6. The predicted octanol–water partition coefficient (Wildman–Crippen LogP) is 2.36. The molecule has 70 heteroatoms. The molecule has 0 saturated carbocycles. The normalized spacial score (nSPS) is 36.6. The van der Waals surface area contributed by atoms with Crippen molar-refractivity contribution in [1.82, 2.24) is 97.6 Å². The van der Waals surface area contributed by atoms with Gasteiger partial charge in [-0.15, -0.1) is 5.10 Å². The van der Waals surface area contributed by atoms with Gasteiger partial charge in [0.1, 0.15) is 78.7 Å². The van der Waals surface area contributed by atoms with Crippen LogP contribution in [0.15, 0.2) is 94.7 Å². The van der Waals surface area contributed by atoms with Crippen molar-refractivity contribution in [3.05, 3.63) is 111 Å². The number of fused-ring (bicyclic) bond motifs is 15. The van der Waals surface area contributed by atoms with Crippen LogP contribution >= 0.6 is 40.3 Å². The average Bonchev–Trinajstić information content (AvgIpc) is 1.58. The number of ether oxygens (including phenoxy) is 6. The number of halogens is 5. The number of pyridine rings is 3. The van der Waals surface area contributed by atoms with Crippen LogP contribution < -0.4 is 51.1 Å². The van der Waals surface area contributed by atoms with Gasteiger partial charge in [0.05, 0.1) is 76.5 Å². The lowest BCUT2D eigenvalue weighted by molar-refractivity contribution is -0.140. The number of aromatic nitrogens is 20. The quantitative estimate of drug-likeness (QED) is 0.0839. The number of nitrogens with zero attached hydrogens (tertiary/aromatic N) is 17. The zero-order valence-corrected chi connectivity index (χ0v) is 77.4. The Kier molecular flexibility index (Phi) is 25.8. The Morgan fingerprint density at radius 1 is 0.388 bits per heavy atom. The number of rotatable bonds is 6. The van der Waals surface area contributed by atoms with Crippen LogP contribution in [-0.4, -0.2) is 264 Å². The van der Waals surface area contributed by atoms with Gasteiger partial charge in [0, 0.05) is 66.0 Å². The van der Waals surface area contributed by atoms with Crippen LogP contribution in [0.4, 0.5) is 56.9 Å². The Bertz CT molecular complexity index is 6850. The summed E-state index contributed by atoms with van der Waals surface area (Å²) in [6, 6.07) is 8.31. The van der Waals surface area contributed by atoms with Crippen LogP contribution in [0, 0.1) is 0 Å². The zero-order valence-electron chi connectivity index (χ0n) is 67.1. The highest BCUT2D eigenvalue weighted by atomic mass is 32.5. The van der Waals surface area contributed by atoms with E-state index in [0.717, 1.165) is 10.9 Å². The highest BCUT2D eigenvalue weighted by molar-refractivity contribution is 8.08. The number of hydrogen-bond donors (Lipinski definition) is 15. The molecule has 6 unspecified atom stereocenters. The monoisotopic (exact) mass is 2110 g/mol. The molecule has 0 spiro atoms. The van der Waals surface area contributed by atoms with Crippen molar-refractivity contribution in [3.63, 3.8) is 0 Å². The van der Waals surface area contributed by atoms with Crippen LogP contribution in [0.3, 0.4) is 0 Å². The molecule has 0 aliphatic carbocycles. The van der Waals surface area contributed by atoms with Crippen LogP contribution in [0.1, 0.15) is 50.2 Å². The SMILES string of the molecule is Nc1nc2c(ncn2[C@@H]2O[C@@H]3COP(O)(=S)O[C@@H]4[C@@H](COP(O)(=S)O[C@@H]2[C@@H]3F)O[C@@H](n2nnc3c(N)ccnc32)C4(F)F)c(=O)[nH]1.Nc1nc2c(ncn2[C@@H]2O[C@@H]3COP(O)(=S)O[C@H]4C[C@H](n5ccc6c(N)ccnc65)O[C@@H]4COP(O)(=S)O[C@@H]2[C@@H]3F)c(=O)[nH]1.Nc1nc2c(ncn2[C@@H]2O[C@@H]3COP(O)(=S)O[C@H]4C[C@H](n5ccc6c(N)ccnc65)O[C@@H]4COP(O)(=S)O[C@@H]2[C@@H]3F)c(=O)[nH]1. The molecule has 12 aromatic heterocycles. The summed E-state index contributed by atoms with van der Waals surface area (Å²) in [5.74, 6) is -4.75. The van der Waals surface area contributed by atoms with Gasteiger partial charge in [-0.3, -0.25) is 61.1 Å². The fourth-order valence-electron chi connectivity index (χ4n) is 16.1. The third-order valence-electron chi connectivity index (χ3n) is 22.2. The van der Waals surface area contributed by atoms with E-state index in [1.807, 2.05) is 0 Å². The van der Waals surface area contributed by atoms with Gasteiger partial charge in [-0.2, -0.15) is 28.4 Å². The number of H-pyrrole nitrogens is 3. The summed E-state index contributed by atoms with van der Waals surface area (Å²) >= 11 is 31.1. The number of hydrogen-bond acceptors (Lipinski definition) is 44. The minimum atomic E-state index is -4.61. The van der Waals surface area contributed by atoms with Crippen molar-refractivity contribution in [2.45, 2.75) is 148 Å². The summed E-state index contributed by atoms with van der Waals surface area (Å²) in [6.07, 6.45) is -19.4. The Hall–Kier alpha value is -7.63. The molecule has 9 fully saturated rings. The minimum Gasteiger partial charge on any atom is -0.398 e. The Labute approximate surface area is 773 Å². The molecule has 9 aliphatic rings. The molecular formula is C64H71F5N26O27P6S6. The Balaban J connectivity index is 0.000000129. The highest BCUT2D eigenvalue weighted by Gasteiger charge is 2.65. The van der Waals surface area contributed by atoms with Gasteiger partial charge in [0.2, 0.25) is 24.1 Å². The van der Waals surface area contributed by atoms with Crippen molar-refractivity contribution < 1.29 is 134 Å². The summed E-state index contributed by atoms with van der Waals surface area (Å²) in [6.45, 7) is -29.1. The van der Waals surface area contributed by atoms with Gasteiger partial charge in [0.25, 0.3) is 16.7 Å². The molecule has 12 aromatic rings. The van der Waals surface area contributed by atoms with Gasteiger partial charge in [0.15, 0.2) is 88.0 Å². The van der Waals surface area contributed by atoms with E-state index in [0.29, 0.717) is 38.1 Å². The molecule has 0 amide bonds. The lowest BCUT2D eigenvalue weighted by atomic mass is 10.1. The summed E-state index contributed by atoms with van der Waals surface area (Å²) in [5, 5.41) is 8.92. The Morgan fingerprint density at radius 2 is 0.724 bits per heavy atom. The maximum atomic E-state index is 16.0. The molecule has 9 aliphatic heterocycles. The number of imidazole rings is 3. The standard InChI is InChI=1S/2C22H25FN8O9P2S2.C20H21F3N10O9P2S2/c2*23-15-13-7-36-41(33,43)39-11-5-14(30-4-2-9-10(24)1-3-26-18(9)30)37-12(11)6-35-42(34,44)40-17(15)21(38-13)31-8-27-16-19(31)28-22(25)29-20(16)32;21-9-7-3-37-44(36,46)42-13-8(40-18(20(13,22)23)33-14-10(30-31-33)6(24)1-2-26-14)4-38-43(35,45)41-12(9)17(39-7)32-5-27-11-15(32)28-19(25)29-16(11)34/h2*1-4,8,11-15,17,21H,5-7H2,(H2,24,26)(H,33,43)(H,34,44)(H3,25,28,29,32);1-2,5,7-9,12-13,17-18H,3-4H2,(H2,24,26)(H,35,45)(H,36,46)(H3,25,28,29,34)/t2*11-,12+,13+,14+,15+,17+,21+,41?,42?;7-,8-,9-,12-,13-,17-,18-,43?,44?/m001/s1. The minimum absolute atomic E-state index is 0.00930. The van der Waals surface area contributed by atoms with Gasteiger partial charge in [-0.1, -0.05) is 5.21 Å². The number of nitrogens with two attached hydrogens (primary N) is 6. The molecule has 720 valence electrons. The van der Waals surface area contributed by atoms with E-state index in [4.69, 9.17) is 188 Å². The van der Waals surface area contributed by atoms with E-state index >= 15 is 22.0 Å². The molecule has 21 rings (SSSR count). The van der Waals surface area contributed by atoms with Gasteiger partial charge in [-0.25, -0.2) is 43.1 Å². The largest absolute Gasteiger partial charge is 0.398 e. The van der Waals surface area contributed by atoms with Crippen molar-refractivity contribution in [3.8, 4) is 0 Å². The zero-order chi connectivity index (χ0) is 94.7. The van der Waals surface area contributed by atoms with Crippen LogP contribution in [0.2, 0.25) is 0 Å². The van der Waals surface area contributed by atoms with Crippen molar-refractivity contribution in [2.24, 2.45) is 0 Å². The van der Waals surface area contributed by atoms with E-state index < -0.39 is 218 Å². The topological polar surface area (TPSA) is 714 Å². The van der Waals surface area contributed by atoms with Crippen molar-refractivity contribution in [2.75, 3.05) is 74.0 Å². The van der Waals surface area contributed by atoms with Crippen LogP contribution in [-0.2, 0) is 154 Å². The Morgan fingerprint density at radius 3 is 1.10 bits per heavy atom. The summed E-state index contributed by atoms with van der Waals surface area (Å²) in [4.78, 5) is 147. The third kappa shape index (κ3) is 18.7. The van der Waals surface area contributed by atoms with E-state index in [-0.39, 0.29) is 94.2 Å². The molecule has 0 radical (unpaired) electrons. The lowest BCUT2D eigenvalue weighted by Gasteiger charge is -2.28. The maximum Gasteiger partial charge on any atom is 0.325 e. The van der Waals surface area contributed by atoms with Gasteiger partial charge < -0.3 is 138 Å². The van der Waals surface area contributed by atoms with Crippen LogP contribution in [0.5, 0.6) is 0 Å². The molecule has 0 aromatic carbocycles. The van der Waals surface area contributed by atoms with Gasteiger partial charge in [-0.05, 0) is 101 Å². The van der Waals surface area contributed by atoms with E-state index in [1.165, 1.54) is 34.1 Å². The van der Waals surface area contributed by atoms with E-state index in [9.17, 15) is 43.7 Å². The van der Waals surface area contributed by atoms with Crippen molar-refractivity contribution >= 4 is 213 Å². The second kappa shape index (κ2) is 36.2. The first-order valence-corrected chi connectivity index (χ1v) is 54.7. The molecule has 27 atom stereocenters. The van der Waals surface area contributed by atoms with Crippen LogP contribution in [0.25, 0.3) is 66.7 Å². The molecule has 6 bridgehead atoms. The average molecular weight is 2110 g/mol. The first-order chi connectivity index (χ1) is 63.4. The second-order valence-electron chi connectivity index (χ2n) is 30.7. The number of alkyl halides is 5. The lowest BCUT2D eigenvalue weighted by Crippen LogP contribution is -2.41. The number of nitrogen functional groups attached to an aromatic ring is 6. The molecule has 9 saturated heterocycles. The fraction of sp³-hybridized carbons (Fsp3) is 0.469. The fourth-order valence-corrected chi connectivity index (χ4v) is 24.7. The number of anilines is 6. The van der Waals surface area contributed by atoms with E-state index in [1.54, 1.807) is 58.2 Å². The van der Waals surface area contributed by atoms with Gasteiger partial charge >= 0.3 is 46.2 Å². The molecule has 21 N–H and O–H groups in total. The van der Waals surface area contributed by atoms with E-state index in [2.05, 4.69) is 70.1 Å². The highest BCUT2D eigenvalue weighted by Crippen LogP contribution is 2.61. The first-order valence-electron chi connectivity index (χ1n) is 39.1. The number of nitrogens with one attached hydrogen (secondary N) is 3. The predicted molar refractivity (Wildman–Crippen MR) is 472 cm³/mol. The smallest absolute Gasteiger partial charge is 0.325 e. The molecular weight excluding hydrogens is 2040 g/mol. The summed E-state index contributed by atoms with van der Waals surface area (Å²) < 4.78 is 189.